The highest BCUT2D eigenvalue weighted by Crippen LogP contribution is 2.30. The molecule has 1 unspecified atom stereocenters. The Labute approximate surface area is 112 Å². The largest absolute Gasteiger partial charge is 0.387 e. The topological polar surface area (TPSA) is 50.9 Å². The number of hydrogen-bond acceptors (Lipinski definition) is 3. The lowest BCUT2D eigenvalue weighted by Crippen LogP contribution is -2.12. The summed E-state index contributed by atoms with van der Waals surface area (Å²) in [5, 5.41) is 11.1. The van der Waals surface area contributed by atoms with Gasteiger partial charge in [-0.2, -0.15) is 4.98 Å². The molecule has 1 N–H and O–H groups in total. The second-order valence-electron chi connectivity index (χ2n) is 4.50. The highest BCUT2D eigenvalue weighted by atomic mass is 35.5. The molecule has 2 aromatic heterocycles. The monoisotopic (exact) mass is 267 g/mol. The Balaban J connectivity index is 2.71. The van der Waals surface area contributed by atoms with Crippen molar-refractivity contribution in [1.82, 2.24) is 14.5 Å². The molecule has 0 radical (unpaired) electrons. The molecule has 0 fully saturated rings. The van der Waals surface area contributed by atoms with E-state index in [1.54, 1.807) is 13.1 Å². The van der Waals surface area contributed by atoms with E-state index < -0.39 is 6.10 Å². The first-order chi connectivity index (χ1) is 8.58. The fraction of sp³-hybridized carbons (Fsp3) is 0.538. The van der Waals surface area contributed by atoms with Crippen LogP contribution < -0.4 is 0 Å². The van der Waals surface area contributed by atoms with E-state index in [0.29, 0.717) is 6.04 Å². The van der Waals surface area contributed by atoms with Crippen molar-refractivity contribution in [1.29, 1.82) is 0 Å². The molecule has 5 heteroatoms. The average molecular weight is 268 g/mol. The zero-order chi connectivity index (χ0) is 13.3. The second-order valence-corrected chi connectivity index (χ2v) is 4.84. The quantitative estimate of drug-likeness (QED) is 0.863. The Hall–Kier alpha value is -1.13. The fourth-order valence-electron chi connectivity index (χ4n) is 2.37. The van der Waals surface area contributed by atoms with Crippen LogP contribution in [0.5, 0.6) is 0 Å². The molecule has 18 heavy (non-hydrogen) atoms. The van der Waals surface area contributed by atoms with Crippen molar-refractivity contribution in [3.05, 3.63) is 23.2 Å². The number of halogens is 1. The summed E-state index contributed by atoms with van der Waals surface area (Å²) in [4.78, 5) is 8.29. The molecule has 98 valence electrons. The van der Waals surface area contributed by atoms with Crippen molar-refractivity contribution in [2.75, 3.05) is 0 Å². The van der Waals surface area contributed by atoms with Crippen molar-refractivity contribution in [2.24, 2.45) is 0 Å². The molecule has 0 saturated heterocycles. The van der Waals surface area contributed by atoms with Crippen molar-refractivity contribution < 1.29 is 5.11 Å². The lowest BCUT2D eigenvalue weighted by Gasteiger charge is -2.20. The van der Waals surface area contributed by atoms with Crippen LogP contribution in [0.4, 0.5) is 0 Å². The lowest BCUT2D eigenvalue weighted by atomic mass is 10.1. The van der Waals surface area contributed by atoms with Crippen molar-refractivity contribution in [3.63, 3.8) is 0 Å². The van der Waals surface area contributed by atoms with Crippen LogP contribution in [0.2, 0.25) is 5.28 Å². The SMILES string of the molecule is CCC(CC)n1c(C(C)O)cc2cnc(Cl)nc21. The summed E-state index contributed by atoms with van der Waals surface area (Å²) in [6.07, 6.45) is 3.15. The van der Waals surface area contributed by atoms with Crippen LogP contribution in [0.1, 0.15) is 51.5 Å². The van der Waals surface area contributed by atoms with E-state index in [0.717, 1.165) is 29.6 Å². The Morgan fingerprint density at radius 1 is 1.39 bits per heavy atom. The van der Waals surface area contributed by atoms with E-state index in [4.69, 9.17) is 11.6 Å². The smallest absolute Gasteiger partial charge is 0.224 e. The van der Waals surface area contributed by atoms with Crippen molar-refractivity contribution in [2.45, 2.75) is 45.8 Å². The summed E-state index contributed by atoms with van der Waals surface area (Å²) >= 11 is 5.87. The van der Waals surface area contributed by atoms with E-state index >= 15 is 0 Å². The molecule has 0 saturated carbocycles. The van der Waals surface area contributed by atoms with Crippen LogP contribution >= 0.6 is 11.6 Å². The average Bonchev–Trinajstić information content (AvgIpc) is 2.70. The summed E-state index contributed by atoms with van der Waals surface area (Å²) in [7, 11) is 0. The number of hydrogen-bond donors (Lipinski definition) is 1. The van der Waals surface area contributed by atoms with E-state index in [1.807, 2.05) is 6.07 Å². The van der Waals surface area contributed by atoms with Crippen LogP contribution in [0.3, 0.4) is 0 Å². The maximum atomic E-state index is 9.91. The summed E-state index contributed by atoms with van der Waals surface area (Å²) in [5.74, 6) is 0. The maximum Gasteiger partial charge on any atom is 0.224 e. The van der Waals surface area contributed by atoms with Gasteiger partial charge in [0.1, 0.15) is 5.65 Å². The Bertz CT molecular complexity index is 546. The number of rotatable bonds is 4. The minimum atomic E-state index is -0.529. The number of aliphatic hydroxyl groups excluding tert-OH is 1. The first-order valence-electron chi connectivity index (χ1n) is 6.29. The van der Waals surface area contributed by atoms with Crippen LogP contribution in [-0.2, 0) is 0 Å². The third kappa shape index (κ3) is 2.22. The molecule has 2 heterocycles. The molecule has 1 atom stereocenters. The lowest BCUT2D eigenvalue weighted by molar-refractivity contribution is 0.186. The first-order valence-corrected chi connectivity index (χ1v) is 6.67. The van der Waals surface area contributed by atoms with Gasteiger partial charge in [-0.25, -0.2) is 4.98 Å². The second kappa shape index (κ2) is 5.24. The molecule has 0 aliphatic heterocycles. The van der Waals surface area contributed by atoms with Crippen LogP contribution in [0.15, 0.2) is 12.3 Å². The van der Waals surface area contributed by atoms with Gasteiger partial charge in [-0.05, 0) is 37.4 Å². The van der Waals surface area contributed by atoms with Crippen molar-refractivity contribution >= 4 is 22.6 Å². The van der Waals surface area contributed by atoms with Crippen molar-refractivity contribution in [3.8, 4) is 0 Å². The van der Waals surface area contributed by atoms with Gasteiger partial charge in [-0.1, -0.05) is 13.8 Å². The molecule has 2 rings (SSSR count). The van der Waals surface area contributed by atoms with Crippen LogP contribution in [0, 0.1) is 0 Å². The number of aliphatic hydroxyl groups is 1. The van der Waals surface area contributed by atoms with E-state index in [-0.39, 0.29) is 5.28 Å². The van der Waals surface area contributed by atoms with Gasteiger partial charge in [0.15, 0.2) is 0 Å². The molecule has 0 spiro atoms. The van der Waals surface area contributed by atoms with Gasteiger partial charge in [0.2, 0.25) is 5.28 Å². The van der Waals surface area contributed by atoms with Crippen LogP contribution in [0.25, 0.3) is 11.0 Å². The minimum Gasteiger partial charge on any atom is -0.387 e. The Kier molecular flexibility index (Phi) is 3.88. The predicted octanol–water partition coefficient (Wildman–Crippen LogP) is 3.50. The van der Waals surface area contributed by atoms with E-state index in [2.05, 4.69) is 28.4 Å². The summed E-state index contributed by atoms with van der Waals surface area (Å²) in [5.41, 5.74) is 1.68. The van der Waals surface area contributed by atoms with E-state index in [1.165, 1.54) is 0 Å². The molecular formula is C13H18ClN3O. The summed E-state index contributed by atoms with van der Waals surface area (Å²) < 4.78 is 2.09. The van der Waals surface area contributed by atoms with Gasteiger partial charge in [0.05, 0.1) is 6.10 Å². The molecule has 2 aromatic rings. The third-order valence-corrected chi connectivity index (χ3v) is 3.49. The number of aromatic nitrogens is 3. The van der Waals surface area contributed by atoms with Gasteiger partial charge >= 0.3 is 0 Å². The predicted molar refractivity (Wildman–Crippen MR) is 72.8 cm³/mol. The van der Waals surface area contributed by atoms with E-state index in [9.17, 15) is 5.11 Å². The van der Waals surface area contributed by atoms with Gasteiger partial charge in [-0.3, -0.25) is 0 Å². The number of fused-ring (bicyclic) bond motifs is 1. The summed E-state index contributed by atoms with van der Waals surface area (Å²) in [6.45, 7) is 6.03. The highest BCUT2D eigenvalue weighted by Gasteiger charge is 2.19. The standard InChI is InChI=1S/C13H18ClN3O/c1-4-10(5-2)17-11(8(3)18)6-9-7-15-13(14)16-12(9)17/h6-8,10,18H,4-5H2,1-3H3. The Morgan fingerprint density at radius 2 is 2.06 bits per heavy atom. The maximum absolute atomic E-state index is 9.91. The van der Waals surface area contributed by atoms with Gasteiger partial charge in [-0.15, -0.1) is 0 Å². The molecule has 0 aromatic carbocycles. The normalized spacial score (nSPS) is 13.4. The molecule has 0 bridgehead atoms. The highest BCUT2D eigenvalue weighted by molar-refractivity contribution is 6.28. The molecule has 0 amide bonds. The van der Waals surface area contributed by atoms with Gasteiger partial charge in [0, 0.05) is 23.3 Å². The molecular weight excluding hydrogens is 250 g/mol. The zero-order valence-electron chi connectivity index (χ0n) is 10.9. The third-order valence-electron chi connectivity index (χ3n) is 3.31. The zero-order valence-corrected chi connectivity index (χ0v) is 11.6. The van der Waals surface area contributed by atoms with Gasteiger partial charge in [0.25, 0.3) is 0 Å². The van der Waals surface area contributed by atoms with Crippen LogP contribution in [-0.4, -0.2) is 19.6 Å². The molecule has 0 aliphatic rings. The Morgan fingerprint density at radius 3 is 2.61 bits per heavy atom. The first kappa shape index (κ1) is 13.3. The molecule has 0 aliphatic carbocycles. The summed E-state index contributed by atoms with van der Waals surface area (Å²) in [6, 6.07) is 2.26. The number of nitrogens with zero attached hydrogens (tertiary/aromatic N) is 3. The minimum absolute atomic E-state index is 0.241. The van der Waals surface area contributed by atoms with Gasteiger partial charge < -0.3 is 9.67 Å². The molecule has 4 nitrogen and oxygen atoms in total. The fourth-order valence-corrected chi connectivity index (χ4v) is 2.50.